The van der Waals surface area contributed by atoms with E-state index in [0.29, 0.717) is 6.04 Å². The molecule has 1 atom stereocenters. The summed E-state index contributed by atoms with van der Waals surface area (Å²) < 4.78 is 1.30. The quantitative estimate of drug-likeness (QED) is 0.836. The van der Waals surface area contributed by atoms with Crippen LogP contribution in [-0.2, 0) is 0 Å². The third kappa shape index (κ3) is 2.45. The molecule has 66 valence electrons. The van der Waals surface area contributed by atoms with Crippen LogP contribution in [0.15, 0.2) is 24.3 Å². The van der Waals surface area contributed by atoms with Gasteiger partial charge in [0.05, 0.1) is 0 Å². The highest BCUT2D eigenvalue weighted by atomic mass is 127. The summed E-state index contributed by atoms with van der Waals surface area (Å²) in [6.07, 6.45) is 1.14. The summed E-state index contributed by atoms with van der Waals surface area (Å²) in [7, 11) is 2.01. The Kier molecular flexibility index (Phi) is 4.01. The second-order valence-corrected chi connectivity index (χ2v) is 4.05. The minimum atomic E-state index is 0.500. The predicted molar refractivity (Wildman–Crippen MR) is 61.3 cm³/mol. The van der Waals surface area contributed by atoms with E-state index in [2.05, 4.69) is 59.1 Å². The molecule has 2 heteroatoms. The van der Waals surface area contributed by atoms with E-state index in [9.17, 15) is 0 Å². The van der Waals surface area contributed by atoms with Gasteiger partial charge in [-0.3, -0.25) is 0 Å². The Morgan fingerprint density at radius 2 is 2.25 bits per heavy atom. The first-order chi connectivity index (χ1) is 5.77. The van der Waals surface area contributed by atoms with Gasteiger partial charge in [-0.15, -0.1) is 0 Å². The van der Waals surface area contributed by atoms with Crippen molar-refractivity contribution in [1.82, 2.24) is 5.32 Å². The SMILES string of the molecule is CCC(NC)c1cccc(I)c1. The molecule has 0 saturated carbocycles. The summed E-state index contributed by atoms with van der Waals surface area (Å²) in [6.45, 7) is 2.20. The zero-order valence-corrected chi connectivity index (χ0v) is 9.63. The molecule has 1 unspecified atom stereocenters. The second-order valence-electron chi connectivity index (χ2n) is 2.80. The molecule has 0 fully saturated rings. The number of hydrogen-bond donors (Lipinski definition) is 1. The molecule has 1 N–H and O–H groups in total. The Bertz CT molecular complexity index is 243. The smallest absolute Gasteiger partial charge is 0.0315 e. The molecule has 1 aromatic rings. The van der Waals surface area contributed by atoms with E-state index >= 15 is 0 Å². The van der Waals surface area contributed by atoms with Crippen LogP contribution < -0.4 is 5.32 Å². The summed E-state index contributed by atoms with van der Waals surface area (Å²) in [6, 6.07) is 9.13. The molecule has 0 spiro atoms. The lowest BCUT2D eigenvalue weighted by Crippen LogP contribution is -2.15. The van der Waals surface area contributed by atoms with Crippen LogP contribution in [0, 0.1) is 3.57 Å². The van der Waals surface area contributed by atoms with Gasteiger partial charge in [0.15, 0.2) is 0 Å². The predicted octanol–water partition coefficient (Wildman–Crippen LogP) is 2.96. The summed E-state index contributed by atoms with van der Waals surface area (Å²) in [4.78, 5) is 0. The number of nitrogens with one attached hydrogen (secondary N) is 1. The second kappa shape index (κ2) is 4.82. The lowest BCUT2D eigenvalue weighted by Gasteiger charge is -2.13. The number of benzene rings is 1. The molecule has 1 aromatic carbocycles. The highest BCUT2D eigenvalue weighted by Crippen LogP contribution is 2.17. The zero-order chi connectivity index (χ0) is 8.97. The molecular formula is C10H14IN. The van der Waals surface area contributed by atoms with Gasteiger partial charge >= 0.3 is 0 Å². The van der Waals surface area contributed by atoms with Crippen LogP contribution in [0.3, 0.4) is 0 Å². The van der Waals surface area contributed by atoms with Crippen molar-refractivity contribution in [1.29, 1.82) is 0 Å². The molecule has 0 bridgehead atoms. The Balaban J connectivity index is 2.85. The van der Waals surface area contributed by atoms with Crippen LogP contribution >= 0.6 is 22.6 Å². The largest absolute Gasteiger partial charge is 0.313 e. The fourth-order valence-electron chi connectivity index (χ4n) is 1.33. The van der Waals surface area contributed by atoms with Crippen molar-refractivity contribution in [3.8, 4) is 0 Å². The maximum Gasteiger partial charge on any atom is 0.0315 e. The molecule has 0 amide bonds. The Morgan fingerprint density at radius 3 is 2.75 bits per heavy atom. The third-order valence-electron chi connectivity index (χ3n) is 2.01. The fraction of sp³-hybridized carbons (Fsp3) is 0.400. The van der Waals surface area contributed by atoms with E-state index < -0.39 is 0 Å². The average Bonchev–Trinajstić information content (AvgIpc) is 2.07. The minimum absolute atomic E-state index is 0.500. The molecule has 0 saturated heterocycles. The number of rotatable bonds is 3. The van der Waals surface area contributed by atoms with Crippen LogP contribution in [0.4, 0.5) is 0 Å². The maximum absolute atomic E-state index is 3.29. The molecule has 0 aromatic heterocycles. The molecule has 0 aliphatic carbocycles. The monoisotopic (exact) mass is 275 g/mol. The topological polar surface area (TPSA) is 12.0 Å². The summed E-state index contributed by atoms with van der Waals surface area (Å²) >= 11 is 2.34. The van der Waals surface area contributed by atoms with Gasteiger partial charge < -0.3 is 5.32 Å². The van der Waals surface area contributed by atoms with Crippen molar-refractivity contribution in [2.24, 2.45) is 0 Å². The van der Waals surface area contributed by atoms with E-state index in [1.54, 1.807) is 0 Å². The highest BCUT2D eigenvalue weighted by molar-refractivity contribution is 14.1. The van der Waals surface area contributed by atoms with Gasteiger partial charge in [-0.1, -0.05) is 19.1 Å². The van der Waals surface area contributed by atoms with Gasteiger partial charge in [0.1, 0.15) is 0 Å². The first kappa shape index (κ1) is 9.99. The van der Waals surface area contributed by atoms with Crippen molar-refractivity contribution >= 4 is 22.6 Å². The summed E-state index contributed by atoms with van der Waals surface area (Å²) in [5, 5.41) is 3.29. The van der Waals surface area contributed by atoms with E-state index in [4.69, 9.17) is 0 Å². The van der Waals surface area contributed by atoms with E-state index in [0.717, 1.165) is 6.42 Å². The minimum Gasteiger partial charge on any atom is -0.313 e. The molecule has 1 rings (SSSR count). The van der Waals surface area contributed by atoms with E-state index in [1.165, 1.54) is 9.13 Å². The highest BCUT2D eigenvalue weighted by Gasteiger charge is 2.05. The summed E-state index contributed by atoms with van der Waals surface area (Å²) in [5.41, 5.74) is 1.38. The molecule has 12 heavy (non-hydrogen) atoms. The Labute approximate surface area is 87.7 Å². The van der Waals surface area contributed by atoms with Crippen molar-refractivity contribution < 1.29 is 0 Å². The molecule has 0 aliphatic rings. The van der Waals surface area contributed by atoms with Crippen LogP contribution in [0.2, 0.25) is 0 Å². The molecular weight excluding hydrogens is 261 g/mol. The standard InChI is InChI=1S/C10H14IN/c1-3-10(12-2)8-5-4-6-9(11)7-8/h4-7,10,12H,3H2,1-2H3. The Hall–Kier alpha value is -0.0900. The number of hydrogen-bond acceptors (Lipinski definition) is 1. The lowest BCUT2D eigenvalue weighted by molar-refractivity contribution is 0.576. The van der Waals surface area contributed by atoms with Crippen LogP contribution in [0.25, 0.3) is 0 Å². The van der Waals surface area contributed by atoms with Crippen molar-refractivity contribution in [2.75, 3.05) is 7.05 Å². The zero-order valence-electron chi connectivity index (χ0n) is 7.47. The van der Waals surface area contributed by atoms with Gasteiger partial charge in [0.25, 0.3) is 0 Å². The third-order valence-corrected chi connectivity index (χ3v) is 2.68. The maximum atomic E-state index is 3.29. The van der Waals surface area contributed by atoms with Gasteiger partial charge in [-0.25, -0.2) is 0 Å². The first-order valence-corrected chi connectivity index (χ1v) is 5.28. The average molecular weight is 275 g/mol. The van der Waals surface area contributed by atoms with Crippen LogP contribution in [0.5, 0.6) is 0 Å². The van der Waals surface area contributed by atoms with Gasteiger partial charge in [-0.05, 0) is 53.8 Å². The molecule has 0 heterocycles. The van der Waals surface area contributed by atoms with Gasteiger partial charge in [-0.2, -0.15) is 0 Å². The first-order valence-electron chi connectivity index (χ1n) is 4.20. The van der Waals surface area contributed by atoms with Gasteiger partial charge in [0, 0.05) is 9.61 Å². The molecule has 0 radical (unpaired) electrons. The van der Waals surface area contributed by atoms with Gasteiger partial charge in [0.2, 0.25) is 0 Å². The van der Waals surface area contributed by atoms with E-state index in [-0.39, 0.29) is 0 Å². The van der Waals surface area contributed by atoms with E-state index in [1.807, 2.05) is 7.05 Å². The van der Waals surface area contributed by atoms with Crippen molar-refractivity contribution in [3.63, 3.8) is 0 Å². The lowest BCUT2D eigenvalue weighted by atomic mass is 10.1. The molecule has 1 nitrogen and oxygen atoms in total. The number of halogens is 1. The molecule has 0 aliphatic heterocycles. The van der Waals surface area contributed by atoms with Crippen molar-refractivity contribution in [2.45, 2.75) is 19.4 Å². The van der Waals surface area contributed by atoms with Crippen LogP contribution in [-0.4, -0.2) is 7.05 Å². The Morgan fingerprint density at radius 1 is 1.50 bits per heavy atom. The fourth-order valence-corrected chi connectivity index (χ4v) is 1.90. The summed E-state index contributed by atoms with van der Waals surface area (Å²) in [5.74, 6) is 0. The normalized spacial score (nSPS) is 12.9. The van der Waals surface area contributed by atoms with Crippen molar-refractivity contribution in [3.05, 3.63) is 33.4 Å². The van der Waals surface area contributed by atoms with Crippen LogP contribution in [0.1, 0.15) is 24.9 Å².